The number of rotatable bonds is 1. The van der Waals surface area contributed by atoms with Crippen LogP contribution in [0.3, 0.4) is 0 Å². The molecule has 1 saturated carbocycles. The second-order valence-corrected chi connectivity index (χ2v) is 4.11. The van der Waals surface area contributed by atoms with Gasteiger partial charge >= 0.3 is 0 Å². The summed E-state index contributed by atoms with van der Waals surface area (Å²) in [6, 6.07) is 4.83. The fourth-order valence-corrected chi connectivity index (χ4v) is 2.36. The molecule has 76 valence electrons. The lowest BCUT2D eigenvalue weighted by Crippen LogP contribution is -2.12. The number of aliphatic hydroxyl groups is 1. The molecule has 0 aromatic heterocycles. The molecule has 0 heterocycles. The summed E-state index contributed by atoms with van der Waals surface area (Å²) in [6.07, 6.45) is 2.73. The van der Waals surface area contributed by atoms with Gasteiger partial charge in [0, 0.05) is 5.92 Å². The Morgan fingerprint density at radius 2 is 2.14 bits per heavy atom. The number of halogens is 1. The van der Waals surface area contributed by atoms with E-state index in [0.717, 1.165) is 30.4 Å². The van der Waals surface area contributed by atoms with Gasteiger partial charge in [0.15, 0.2) is 0 Å². The van der Waals surface area contributed by atoms with Crippen molar-refractivity contribution in [3.8, 4) is 0 Å². The molecule has 0 spiro atoms. The van der Waals surface area contributed by atoms with Gasteiger partial charge < -0.3 is 5.11 Å². The van der Waals surface area contributed by atoms with Crippen molar-refractivity contribution in [1.82, 2.24) is 0 Å². The summed E-state index contributed by atoms with van der Waals surface area (Å²) < 4.78 is 12.9. The summed E-state index contributed by atoms with van der Waals surface area (Å²) in [5, 5.41) is 9.74. The zero-order valence-electron chi connectivity index (χ0n) is 8.33. The first-order valence-electron chi connectivity index (χ1n) is 5.12. The molecule has 1 N–H and O–H groups in total. The lowest BCUT2D eigenvalue weighted by Gasteiger charge is -2.17. The Morgan fingerprint density at radius 1 is 1.36 bits per heavy atom. The Kier molecular flexibility index (Phi) is 2.55. The summed E-state index contributed by atoms with van der Waals surface area (Å²) in [6.45, 7) is 1.91. The molecular formula is C12H15FO. The van der Waals surface area contributed by atoms with Gasteiger partial charge in [-0.1, -0.05) is 12.5 Å². The Labute approximate surface area is 83.6 Å². The first-order valence-corrected chi connectivity index (χ1v) is 5.12. The third-order valence-corrected chi connectivity index (χ3v) is 3.11. The largest absolute Gasteiger partial charge is 0.392 e. The zero-order valence-corrected chi connectivity index (χ0v) is 8.33. The summed E-state index contributed by atoms with van der Waals surface area (Å²) in [5.41, 5.74) is 2.06. The van der Waals surface area contributed by atoms with E-state index in [1.165, 1.54) is 6.07 Å². The van der Waals surface area contributed by atoms with Gasteiger partial charge in [-0.05, 0) is 43.0 Å². The third kappa shape index (κ3) is 1.67. The van der Waals surface area contributed by atoms with E-state index in [0.29, 0.717) is 0 Å². The van der Waals surface area contributed by atoms with E-state index in [2.05, 4.69) is 0 Å². The van der Waals surface area contributed by atoms with Crippen LogP contribution >= 0.6 is 0 Å². The molecule has 0 radical (unpaired) electrons. The molecule has 1 aromatic rings. The second-order valence-electron chi connectivity index (χ2n) is 4.11. The Hall–Kier alpha value is -0.890. The lowest BCUT2D eigenvalue weighted by atomic mass is 9.92. The number of hydrogen-bond donors (Lipinski definition) is 1. The van der Waals surface area contributed by atoms with Crippen molar-refractivity contribution in [2.24, 2.45) is 0 Å². The van der Waals surface area contributed by atoms with Crippen LogP contribution in [0.4, 0.5) is 4.39 Å². The van der Waals surface area contributed by atoms with Crippen LogP contribution in [0.25, 0.3) is 0 Å². The van der Waals surface area contributed by atoms with E-state index in [9.17, 15) is 9.50 Å². The predicted octanol–water partition coefficient (Wildman–Crippen LogP) is 2.76. The minimum absolute atomic E-state index is 0.196. The molecule has 1 fully saturated rings. The Bertz CT molecular complexity index is 335. The van der Waals surface area contributed by atoms with Gasteiger partial charge in [-0.15, -0.1) is 0 Å². The van der Waals surface area contributed by atoms with Crippen LogP contribution in [0.2, 0.25) is 0 Å². The first-order chi connectivity index (χ1) is 6.68. The topological polar surface area (TPSA) is 20.2 Å². The molecule has 0 saturated heterocycles. The SMILES string of the molecule is Cc1cc(F)ccc1C1CCCC1O. The first kappa shape index (κ1) is 9.66. The number of aryl methyl sites for hydroxylation is 1. The number of aliphatic hydroxyl groups excluding tert-OH is 1. The van der Waals surface area contributed by atoms with Gasteiger partial charge in [0.2, 0.25) is 0 Å². The third-order valence-electron chi connectivity index (χ3n) is 3.11. The van der Waals surface area contributed by atoms with Crippen LogP contribution in [0.1, 0.15) is 36.3 Å². The molecule has 1 aliphatic rings. The van der Waals surface area contributed by atoms with Gasteiger partial charge in [-0.2, -0.15) is 0 Å². The van der Waals surface area contributed by atoms with Crippen molar-refractivity contribution in [3.05, 3.63) is 35.1 Å². The molecule has 0 amide bonds. The monoisotopic (exact) mass is 194 g/mol. The fraction of sp³-hybridized carbons (Fsp3) is 0.500. The minimum atomic E-state index is -0.237. The molecule has 2 unspecified atom stereocenters. The summed E-state index contributed by atoms with van der Waals surface area (Å²) in [4.78, 5) is 0. The highest BCUT2D eigenvalue weighted by molar-refractivity contribution is 5.31. The molecule has 2 rings (SSSR count). The minimum Gasteiger partial charge on any atom is -0.392 e. The van der Waals surface area contributed by atoms with E-state index >= 15 is 0 Å². The van der Waals surface area contributed by atoms with E-state index in [-0.39, 0.29) is 17.8 Å². The fourth-order valence-electron chi connectivity index (χ4n) is 2.36. The highest BCUT2D eigenvalue weighted by Gasteiger charge is 2.27. The highest BCUT2D eigenvalue weighted by Crippen LogP contribution is 2.36. The zero-order chi connectivity index (χ0) is 10.1. The van der Waals surface area contributed by atoms with Crippen molar-refractivity contribution in [1.29, 1.82) is 0 Å². The maximum atomic E-state index is 12.9. The van der Waals surface area contributed by atoms with Crippen LogP contribution in [0.5, 0.6) is 0 Å². The van der Waals surface area contributed by atoms with E-state index in [1.807, 2.05) is 13.0 Å². The van der Waals surface area contributed by atoms with Crippen LogP contribution < -0.4 is 0 Å². The van der Waals surface area contributed by atoms with Crippen LogP contribution in [-0.2, 0) is 0 Å². The molecule has 2 heteroatoms. The molecule has 14 heavy (non-hydrogen) atoms. The number of hydrogen-bond acceptors (Lipinski definition) is 1. The Balaban J connectivity index is 2.31. The molecule has 1 nitrogen and oxygen atoms in total. The molecule has 2 atom stereocenters. The van der Waals surface area contributed by atoms with Crippen molar-refractivity contribution < 1.29 is 9.50 Å². The molecule has 0 bridgehead atoms. The standard InChI is InChI=1S/C12H15FO/c1-8-7-9(13)5-6-10(8)11-3-2-4-12(11)14/h5-7,11-12,14H,2-4H2,1H3. The van der Waals surface area contributed by atoms with Gasteiger partial charge in [-0.3, -0.25) is 0 Å². The average molecular weight is 194 g/mol. The van der Waals surface area contributed by atoms with Gasteiger partial charge in [0.1, 0.15) is 5.82 Å². The summed E-state index contributed by atoms with van der Waals surface area (Å²) in [7, 11) is 0. The van der Waals surface area contributed by atoms with E-state index in [4.69, 9.17) is 0 Å². The molecule has 1 aromatic carbocycles. The Morgan fingerprint density at radius 3 is 2.71 bits per heavy atom. The maximum absolute atomic E-state index is 12.9. The van der Waals surface area contributed by atoms with Gasteiger partial charge in [0.25, 0.3) is 0 Å². The van der Waals surface area contributed by atoms with Crippen molar-refractivity contribution >= 4 is 0 Å². The lowest BCUT2D eigenvalue weighted by molar-refractivity contribution is 0.163. The van der Waals surface area contributed by atoms with Crippen molar-refractivity contribution in [2.75, 3.05) is 0 Å². The average Bonchev–Trinajstić information content (AvgIpc) is 2.52. The predicted molar refractivity (Wildman–Crippen MR) is 53.7 cm³/mol. The van der Waals surface area contributed by atoms with Gasteiger partial charge in [-0.25, -0.2) is 4.39 Å². The van der Waals surface area contributed by atoms with Crippen molar-refractivity contribution in [2.45, 2.75) is 38.2 Å². The van der Waals surface area contributed by atoms with E-state index in [1.54, 1.807) is 6.07 Å². The number of benzene rings is 1. The van der Waals surface area contributed by atoms with E-state index < -0.39 is 0 Å². The van der Waals surface area contributed by atoms with Gasteiger partial charge in [0.05, 0.1) is 6.10 Å². The van der Waals surface area contributed by atoms with Crippen LogP contribution in [0.15, 0.2) is 18.2 Å². The van der Waals surface area contributed by atoms with Crippen LogP contribution in [0, 0.1) is 12.7 Å². The van der Waals surface area contributed by atoms with Crippen LogP contribution in [-0.4, -0.2) is 11.2 Å². The quantitative estimate of drug-likeness (QED) is 0.728. The maximum Gasteiger partial charge on any atom is 0.123 e. The highest BCUT2D eigenvalue weighted by atomic mass is 19.1. The molecule has 1 aliphatic carbocycles. The normalized spacial score (nSPS) is 26.8. The molecule has 0 aliphatic heterocycles. The second kappa shape index (κ2) is 3.70. The smallest absolute Gasteiger partial charge is 0.123 e. The van der Waals surface area contributed by atoms with Crippen molar-refractivity contribution in [3.63, 3.8) is 0 Å². The summed E-state index contributed by atoms with van der Waals surface area (Å²) >= 11 is 0. The molecular weight excluding hydrogens is 179 g/mol. The summed E-state index contributed by atoms with van der Waals surface area (Å²) in [5.74, 6) is 0.0225.